The number of phenolic OH excluding ortho intramolecular Hbond substituents is 1. The van der Waals surface area contributed by atoms with Crippen molar-refractivity contribution in [3.05, 3.63) is 41.7 Å². The number of aryl methyl sites for hydroxylation is 1. The second-order valence-electron chi connectivity index (χ2n) is 4.77. The van der Waals surface area contributed by atoms with E-state index in [2.05, 4.69) is 24.3 Å². The Kier molecular flexibility index (Phi) is 3.55. The second kappa shape index (κ2) is 5.12. The van der Waals surface area contributed by atoms with Crippen molar-refractivity contribution in [1.29, 1.82) is 0 Å². The summed E-state index contributed by atoms with van der Waals surface area (Å²) in [6.45, 7) is 4.99. The Hall–Kier alpha value is -1.97. The van der Waals surface area contributed by atoms with Crippen molar-refractivity contribution < 1.29 is 5.11 Å². The number of benzene rings is 1. The van der Waals surface area contributed by atoms with Crippen molar-refractivity contribution in [2.75, 3.05) is 5.32 Å². The minimum Gasteiger partial charge on any atom is -0.508 e. The van der Waals surface area contributed by atoms with E-state index in [-0.39, 0.29) is 5.75 Å². The third kappa shape index (κ3) is 2.83. The van der Waals surface area contributed by atoms with Crippen molar-refractivity contribution in [2.24, 2.45) is 7.05 Å². The summed E-state index contributed by atoms with van der Waals surface area (Å²) in [6, 6.07) is 7.13. The van der Waals surface area contributed by atoms with Crippen LogP contribution in [0.3, 0.4) is 0 Å². The molecule has 1 aromatic carbocycles. The van der Waals surface area contributed by atoms with Crippen LogP contribution in [0.1, 0.15) is 31.0 Å². The van der Waals surface area contributed by atoms with E-state index in [1.807, 2.05) is 30.1 Å². The lowest BCUT2D eigenvalue weighted by Crippen LogP contribution is -2.02. The van der Waals surface area contributed by atoms with Crippen LogP contribution in [0.25, 0.3) is 0 Å². The third-order valence-corrected chi connectivity index (χ3v) is 2.81. The predicted octanol–water partition coefficient (Wildman–Crippen LogP) is 2.86. The topological polar surface area (TPSA) is 50.1 Å². The molecule has 0 aliphatic rings. The Bertz CT molecular complexity index is 532. The van der Waals surface area contributed by atoms with Gasteiger partial charge in [0.25, 0.3) is 0 Å². The average Bonchev–Trinajstić information content (AvgIpc) is 2.68. The predicted molar refractivity (Wildman–Crippen MR) is 72.7 cm³/mol. The number of aromatic hydroxyl groups is 1. The molecule has 0 fully saturated rings. The monoisotopic (exact) mass is 245 g/mol. The van der Waals surface area contributed by atoms with E-state index in [9.17, 15) is 5.11 Å². The molecule has 18 heavy (non-hydrogen) atoms. The van der Waals surface area contributed by atoms with Gasteiger partial charge in [0.15, 0.2) is 0 Å². The lowest BCUT2D eigenvalue weighted by atomic mass is 10.1. The fourth-order valence-electron chi connectivity index (χ4n) is 1.99. The van der Waals surface area contributed by atoms with Crippen LogP contribution in [0, 0.1) is 0 Å². The molecule has 0 radical (unpaired) electrons. The molecule has 0 unspecified atom stereocenters. The molecule has 0 atom stereocenters. The summed E-state index contributed by atoms with van der Waals surface area (Å²) < 4.78 is 1.84. The van der Waals surface area contributed by atoms with Crippen LogP contribution in [-0.4, -0.2) is 14.9 Å². The summed E-state index contributed by atoms with van der Waals surface area (Å²) in [6.07, 6.45) is 2.03. The SMILES string of the molecule is CC(C)c1nn(C)cc1CNc1cccc(O)c1. The van der Waals surface area contributed by atoms with Crippen LogP contribution in [0.5, 0.6) is 5.75 Å². The van der Waals surface area contributed by atoms with Crippen molar-refractivity contribution in [3.63, 3.8) is 0 Å². The fourth-order valence-corrected chi connectivity index (χ4v) is 1.99. The maximum atomic E-state index is 9.40. The summed E-state index contributed by atoms with van der Waals surface area (Å²) in [4.78, 5) is 0. The molecule has 0 spiro atoms. The van der Waals surface area contributed by atoms with Gasteiger partial charge in [0.05, 0.1) is 5.69 Å². The standard InChI is InChI=1S/C14H19N3O/c1-10(2)14-11(9-17(3)16-14)8-15-12-5-4-6-13(18)7-12/h4-7,9-10,15,18H,8H2,1-3H3. The zero-order valence-electron chi connectivity index (χ0n) is 11.0. The molecular formula is C14H19N3O. The van der Waals surface area contributed by atoms with Crippen molar-refractivity contribution >= 4 is 5.69 Å². The number of hydrogen-bond acceptors (Lipinski definition) is 3. The molecule has 1 aromatic heterocycles. The highest BCUT2D eigenvalue weighted by Gasteiger charge is 2.10. The highest BCUT2D eigenvalue weighted by atomic mass is 16.3. The van der Waals surface area contributed by atoms with E-state index in [0.717, 1.165) is 11.4 Å². The molecule has 4 nitrogen and oxygen atoms in total. The number of hydrogen-bond donors (Lipinski definition) is 2. The van der Waals surface area contributed by atoms with E-state index in [1.54, 1.807) is 12.1 Å². The number of anilines is 1. The molecular weight excluding hydrogens is 226 g/mol. The van der Waals surface area contributed by atoms with Crippen molar-refractivity contribution in [2.45, 2.75) is 26.3 Å². The molecule has 0 aliphatic heterocycles. The summed E-state index contributed by atoms with van der Waals surface area (Å²) in [5.41, 5.74) is 3.22. The molecule has 2 N–H and O–H groups in total. The first-order chi connectivity index (χ1) is 8.56. The van der Waals surface area contributed by atoms with Crippen LogP contribution in [0.2, 0.25) is 0 Å². The fraction of sp³-hybridized carbons (Fsp3) is 0.357. The molecule has 0 bridgehead atoms. The van der Waals surface area contributed by atoms with E-state index < -0.39 is 0 Å². The van der Waals surface area contributed by atoms with Crippen molar-refractivity contribution in [1.82, 2.24) is 9.78 Å². The van der Waals surface area contributed by atoms with Gasteiger partial charge in [0.1, 0.15) is 5.75 Å². The maximum Gasteiger partial charge on any atom is 0.117 e. The van der Waals surface area contributed by atoms with E-state index in [4.69, 9.17) is 0 Å². The Morgan fingerprint density at radius 1 is 1.39 bits per heavy atom. The first-order valence-corrected chi connectivity index (χ1v) is 6.11. The van der Waals surface area contributed by atoms with Crippen LogP contribution in [0.15, 0.2) is 30.5 Å². The summed E-state index contributed by atoms with van der Waals surface area (Å²) in [5, 5.41) is 17.2. The van der Waals surface area contributed by atoms with Crippen LogP contribution >= 0.6 is 0 Å². The van der Waals surface area contributed by atoms with Crippen molar-refractivity contribution in [3.8, 4) is 5.75 Å². The largest absolute Gasteiger partial charge is 0.508 e. The summed E-state index contributed by atoms with van der Waals surface area (Å²) in [7, 11) is 1.93. The van der Waals surface area contributed by atoms with Gasteiger partial charge in [-0.2, -0.15) is 5.10 Å². The second-order valence-corrected chi connectivity index (χ2v) is 4.77. The van der Waals surface area contributed by atoms with E-state index >= 15 is 0 Å². The quantitative estimate of drug-likeness (QED) is 0.870. The zero-order valence-corrected chi connectivity index (χ0v) is 11.0. The summed E-state index contributed by atoms with van der Waals surface area (Å²) >= 11 is 0. The number of aromatic nitrogens is 2. The first kappa shape index (κ1) is 12.5. The molecule has 0 saturated heterocycles. The molecule has 0 amide bonds. The smallest absolute Gasteiger partial charge is 0.117 e. The van der Waals surface area contributed by atoms with Crippen LogP contribution in [0.4, 0.5) is 5.69 Å². The van der Waals surface area contributed by atoms with Gasteiger partial charge in [-0.05, 0) is 18.1 Å². The Morgan fingerprint density at radius 3 is 2.83 bits per heavy atom. The van der Waals surface area contributed by atoms with E-state index in [0.29, 0.717) is 12.5 Å². The summed E-state index contributed by atoms with van der Waals surface area (Å²) in [5.74, 6) is 0.683. The number of rotatable bonds is 4. The number of nitrogens with zero attached hydrogens (tertiary/aromatic N) is 2. The molecule has 2 aromatic rings. The van der Waals surface area contributed by atoms with Gasteiger partial charge in [0.2, 0.25) is 0 Å². The Balaban J connectivity index is 2.10. The zero-order chi connectivity index (χ0) is 13.1. The number of nitrogens with one attached hydrogen (secondary N) is 1. The molecule has 0 aliphatic carbocycles. The third-order valence-electron chi connectivity index (χ3n) is 2.81. The van der Waals surface area contributed by atoms with Gasteiger partial charge < -0.3 is 10.4 Å². The van der Waals surface area contributed by atoms with Gasteiger partial charge in [-0.1, -0.05) is 19.9 Å². The first-order valence-electron chi connectivity index (χ1n) is 6.11. The maximum absolute atomic E-state index is 9.40. The highest BCUT2D eigenvalue weighted by molar-refractivity contribution is 5.48. The van der Waals surface area contributed by atoms with Gasteiger partial charge in [-0.15, -0.1) is 0 Å². The minimum atomic E-state index is 0.273. The Morgan fingerprint density at radius 2 is 2.17 bits per heavy atom. The normalized spacial score (nSPS) is 10.9. The number of phenols is 1. The van der Waals surface area contributed by atoms with Gasteiger partial charge in [0, 0.05) is 37.1 Å². The lowest BCUT2D eigenvalue weighted by molar-refractivity contribution is 0.475. The van der Waals surface area contributed by atoms with Gasteiger partial charge >= 0.3 is 0 Å². The Labute approximate surface area is 107 Å². The van der Waals surface area contributed by atoms with Gasteiger partial charge in [-0.3, -0.25) is 4.68 Å². The van der Waals surface area contributed by atoms with Crippen LogP contribution < -0.4 is 5.32 Å². The highest BCUT2D eigenvalue weighted by Crippen LogP contribution is 2.20. The minimum absolute atomic E-state index is 0.273. The molecule has 4 heteroatoms. The van der Waals surface area contributed by atoms with E-state index in [1.165, 1.54) is 5.56 Å². The van der Waals surface area contributed by atoms with Crippen LogP contribution in [-0.2, 0) is 13.6 Å². The molecule has 0 saturated carbocycles. The molecule has 2 rings (SSSR count). The van der Waals surface area contributed by atoms with Gasteiger partial charge in [-0.25, -0.2) is 0 Å². The molecule has 96 valence electrons. The molecule has 1 heterocycles. The average molecular weight is 245 g/mol. The lowest BCUT2D eigenvalue weighted by Gasteiger charge is -2.08.